The van der Waals surface area contributed by atoms with Gasteiger partial charge < -0.3 is 9.64 Å². The van der Waals surface area contributed by atoms with E-state index >= 15 is 0 Å². The van der Waals surface area contributed by atoms with Gasteiger partial charge in [-0.1, -0.05) is 12.1 Å². The summed E-state index contributed by atoms with van der Waals surface area (Å²) in [6.07, 6.45) is 3.85. The van der Waals surface area contributed by atoms with Crippen molar-refractivity contribution in [3.8, 4) is 5.69 Å². The molecule has 2 aromatic heterocycles. The monoisotopic (exact) mass is 323 g/mol. The molecule has 0 amide bonds. The van der Waals surface area contributed by atoms with Gasteiger partial charge in [0.25, 0.3) is 0 Å². The number of hydrogen-bond acceptors (Lipinski definition) is 5. The average molecular weight is 323 g/mol. The molecule has 1 aromatic carbocycles. The van der Waals surface area contributed by atoms with Gasteiger partial charge in [0.05, 0.1) is 29.5 Å². The minimum absolute atomic E-state index is 0.186. The summed E-state index contributed by atoms with van der Waals surface area (Å²) in [6, 6.07) is 8.25. The number of ether oxygens (including phenoxy) is 1. The predicted molar refractivity (Wildman–Crippen MR) is 93.6 cm³/mol. The first kappa shape index (κ1) is 15.1. The van der Waals surface area contributed by atoms with Gasteiger partial charge in [0, 0.05) is 13.1 Å². The van der Waals surface area contributed by atoms with Crippen LogP contribution >= 0.6 is 0 Å². The molecule has 2 atom stereocenters. The number of rotatable bonds is 2. The van der Waals surface area contributed by atoms with Gasteiger partial charge >= 0.3 is 0 Å². The highest BCUT2D eigenvalue weighted by Gasteiger charge is 2.25. The summed E-state index contributed by atoms with van der Waals surface area (Å²) >= 11 is 0. The zero-order valence-corrected chi connectivity index (χ0v) is 14.2. The van der Waals surface area contributed by atoms with Crippen LogP contribution in [-0.4, -0.2) is 45.0 Å². The normalized spacial score (nSPS) is 21.4. The minimum Gasteiger partial charge on any atom is -0.372 e. The van der Waals surface area contributed by atoms with Crippen molar-refractivity contribution < 1.29 is 4.74 Å². The molecular formula is C18H21N5O. The molecule has 6 heteroatoms. The molecule has 1 saturated heterocycles. The van der Waals surface area contributed by atoms with Gasteiger partial charge in [-0.2, -0.15) is 5.10 Å². The molecule has 0 unspecified atom stereocenters. The van der Waals surface area contributed by atoms with E-state index in [1.807, 2.05) is 23.0 Å². The molecule has 0 radical (unpaired) electrons. The number of anilines is 1. The lowest BCUT2D eigenvalue weighted by atomic mass is 10.2. The van der Waals surface area contributed by atoms with Gasteiger partial charge in [-0.3, -0.25) is 0 Å². The Morgan fingerprint density at radius 1 is 1.12 bits per heavy atom. The van der Waals surface area contributed by atoms with E-state index in [9.17, 15) is 0 Å². The number of fused-ring (bicyclic) bond motifs is 1. The van der Waals surface area contributed by atoms with Gasteiger partial charge in [0.2, 0.25) is 0 Å². The van der Waals surface area contributed by atoms with Crippen LogP contribution in [0.4, 0.5) is 5.82 Å². The van der Waals surface area contributed by atoms with Crippen LogP contribution in [0.5, 0.6) is 0 Å². The van der Waals surface area contributed by atoms with Crippen molar-refractivity contribution in [2.45, 2.75) is 33.0 Å². The summed E-state index contributed by atoms with van der Waals surface area (Å²) in [7, 11) is 0. The van der Waals surface area contributed by atoms with E-state index < -0.39 is 0 Å². The second-order valence-electron chi connectivity index (χ2n) is 6.49. The van der Waals surface area contributed by atoms with E-state index in [0.29, 0.717) is 0 Å². The Hall–Kier alpha value is -2.47. The molecule has 1 aliphatic rings. The van der Waals surface area contributed by atoms with Gasteiger partial charge in [0.1, 0.15) is 12.1 Å². The molecule has 3 heterocycles. The molecule has 4 rings (SSSR count). The number of aryl methyl sites for hydroxylation is 1. The average Bonchev–Trinajstić information content (AvgIpc) is 2.98. The largest absolute Gasteiger partial charge is 0.372 e. The summed E-state index contributed by atoms with van der Waals surface area (Å²) in [5, 5.41) is 5.53. The van der Waals surface area contributed by atoms with Crippen LogP contribution in [0.3, 0.4) is 0 Å². The molecule has 3 aromatic rings. The Bertz CT molecular complexity index is 865. The summed E-state index contributed by atoms with van der Waals surface area (Å²) in [5.41, 5.74) is 3.04. The number of benzene rings is 1. The summed E-state index contributed by atoms with van der Waals surface area (Å²) < 4.78 is 7.71. The molecule has 0 bridgehead atoms. The zero-order chi connectivity index (χ0) is 16.7. The van der Waals surface area contributed by atoms with E-state index in [4.69, 9.17) is 4.74 Å². The third kappa shape index (κ3) is 2.63. The lowest BCUT2D eigenvalue weighted by molar-refractivity contribution is -0.00537. The lowest BCUT2D eigenvalue weighted by Gasteiger charge is -2.36. The van der Waals surface area contributed by atoms with Crippen molar-refractivity contribution in [3.05, 3.63) is 42.4 Å². The first-order valence-corrected chi connectivity index (χ1v) is 8.28. The SMILES string of the molecule is Cc1cccc(-n2ncc3c(N4C[C@@H](C)O[C@H](C)C4)ncnc32)c1. The first-order valence-electron chi connectivity index (χ1n) is 8.28. The number of hydrogen-bond donors (Lipinski definition) is 0. The molecule has 1 fully saturated rings. The Balaban J connectivity index is 1.79. The number of morpholine rings is 1. The van der Waals surface area contributed by atoms with Crippen LogP contribution < -0.4 is 4.90 Å². The Morgan fingerprint density at radius 2 is 1.92 bits per heavy atom. The van der Waals surface area contributed by atoms with Crippen LogP contribution in [0.25, 0.3) is 16.7 Å². The van der Waals surface area contributed by atoms with Gasteiger partial charge in [-0.15, -0.1) is 0 Å². The highest BCUT2D eigenvalue weighted by molar-refractivity contribution is 5.87. The van der Waals surface area contributed by atoms with E-state index in [0.717, 1.165) is 35.6 Å². The van der Waals surface area contributed by atoms with Gasteiger partial charge in [-0.25, -0.2) is 14.6 Å². The smallest absolute Gasteiger partial charge is 0.168 e. The summed E-state index contributed by atoms with van der Waals surface area (Å²) in [6.45, 7) is 7.92. The third-order valence-electron chi connectivity index (χ3n) is 4.31. The highest BCUT2D eigenvalue weighted by atomic mass is 16.5. The molecule has 0 spiro atoms. The van der Waals surface area contributed by atoms with Crippen LogP contribution in [0, 0.1) is 6.92 Å². The van der Waals surface area contributed by atoms with Crippen LogP contribution in [-0.2, 0) is 4.74 Å². The molecule has 0 aliphatic carbocycles. The number of aromatic nitrogens is 4. The summed E-state index contributed by atoms with van der Waals surface area (Å²) in [5.74, 6) is 0.931. The standard InChI is InChI=1S/C18H21N5O/c1-12-5-4-6-15(7-12)23-18-16(8-21-23)17(19-11-20-18)22-9-13(2)24-14(3)10-22/h4-8,11,13-14H,9-10H2,1-3H3/t13-,14-/m1/s1. The third-order valence-corrected chi connectivity index (χ3v) is 4.31. The van der Waals surface area contributed by atoms with Crippen LogP contribution in [0.1, 0.15) is 19.4 Å². The van der Waals surface area contributed by atoms with Crippen LogP contribution in [0.2, 0.25) is 0 Å². The topological polar surface area (TPSA) is 56.1 Å². The minimum atomic E-state index is 0.186. The van der Waals surface area contributed by atoms with Crippen molar-refractivity contribution in [2.75, 3.05) is 18.0 Å². The van der Waals surface area contributed by atoms with E-state index in [2.05, 4.69) is 52.9 Å². The number of nitrogens with zero attached hydrogens (tertiary/aromatic N) is 5. The van der Waals surface area contributed by atoms with Crippen molar-refractivity contribution >= 4 is 16.9 Å². The second kappa shape index (κ2) is 5.87. The Morgan fingerprint density at radius 3 is 2.67 bits per heavy atom. The lowest BCUT2D eigenvalue weighted by Crippen LogP contribution is -2.45. The maximum Gasteiger partial charge on any atom is 0.168 e. The molecule has 6 nitrogen and oxygen atoms in total. The highest BCUT2D eigenvalue weighted by Crippen LogP contribution is 2.27. The Labute approximate surface area is 141 Å². The molecule has 124 valence electrons. The zero-order valence-electron chi connectivity index (χ0n) is 14.2. The first-order chi connectivity index (χ1) is 11.6. The van der Waals surface area contributed by atoms with Crippen LogP contribution in [0.15, 0.2) is 36.8 Å². The fourth-order valence-corrected chi connectivity index (χ4v) is 3.38. The predicted octanol–water partition coefficient (Wildman–Crippen LogP) is 2.74. The summed E-state index contributed by atoms with van der Waals surface area (Å²) in [4.78, 5) is 11.3. The van der Waals surface area contributed by atoms with Crippen molar-refractivity contribution in [3.63, 3.8) is 0 Å². The van der Waals surface area contributed by atoms with Crippen molar-refractivity contribution in [1.29, 1.82) is 0 Å². The van der Waals surface area contributed by atoms with Gasteiger partial charge in [-0.05, 0) is 38.5 Å². The maximum atomic E-state index is 5.83. The molecule has 24 heavy (non-hydrogen) atoms. The van der Waals surface area contributed by atoms with Crippen molar-refractivity contribution in [2.24, 2.45) is 0 Å². The van der Waals surface area contributed by atoms with E-state index in [-0.39, 0.29) is 12.2 Å². The molecule has 1 aliphatic heterocycles. The van der Waals surface area contributed by atoms with Gasteiger partial charge in [0.15, 0.2) is 5.65 Å². The fraction of sp³-hybridized carbons (Fsp3) is 0.389. The molecule has 0 N–H and O–H groups in total. The molecule has 0 saturated carbocycles. The quantitative estimate of drug-likeness (QED) is 0.726. The van der Waals surface area contributed by atoms with E-state index in [1.165, 1.54) is 5.56 Å². The Kier molecular flexibility index (Phi) is 3.69. The molecular weight excluding hydrogens is 302 g/mol. The fourth-order valence-electron chi connectivity index (χ4n) is 3.38. The van der Waals surface area contributed by atoms with E-state index in [1.54, 1.807) is 6.33 Å². The maximum absolute atomic E-state index is 5.83. The van der Waals surface area contributed by atoms with Crippen molar-refractivity contribution in [1.82, 2.24) is 19.7 Å². The second-order valence-corrected chi connectivity index (χ2v) is 6.49.